The van der Waals surface area contributed by atoms with Crippen molar-refractivity contribution in [3.8, 4) is 0 Å². The third-order valence-corrected chi connectivity index (χ3v) is 5.01. The Balaban J connectivity index is 2.13. The fraction of sp³-hybridized carbons (Fsp3) is 0.643. The summed E-state index contributed by atoms with van der Waals surface area (Å²) in [5.41, 5.74) is 0.515. The van der Waals surface area contributed by atoms with Gasteiger partial charge in [0, 0.05) is 12.1 Å². The maximum Gasteiger partial charge on any atom is 0.340 e. The van der Waals surface area contributed by atoms with Gasteiger partial charge in [-0.3, -0.25) is 9.69 Å². The molecule has 1 aromatic heterocycles. The number of hydrogen-bond acceptors (Lipinski definition) is 5. The van der Waals surface area contributed by atoms with Crippen molar-refractivity contribution in [2.24, 2.45) is 0 Å². The standard InChI is InChI=1S/C14H21N3O3S/c1-7-5-6-8(2)17(7)10(4)12(18)15-13-11(14(19)20)9(3)16-21-13/h7-8,10H,5-6H2,1-4H3,(H,15,18)(H,19,20). The Morgan fingerprint density at radius 3 is 2.48 bits per heavy atom. The summed E-state index contributed by atoms with van der Waals surface area (Å²) in [6.07, 6.45) is 2.16. The predicted octanol–water partition coefficient (Wildman–Crippen LogP) is 2.35. The van der Waals surface area contributed by atoms with E-state index >= 15 is 0 Å². The van der Waals surface area contributed by atoms with Gasteiger partial charge >= 0.3 is 5.97 Å². The normalized spacial score (nSPS) is 24.0. The Labute approximate surface area is 128 Å². The van der Waals surface area contributed by atoms with Crippen molar-refractivity contribution in [1.29, 1.82) is 0 Å². The lowest BCUT2D eigenvalue weighted by molar-refractivity contribution is -0.121. The molecule has 0 aliphatic carbocycles. The number of amides is 1. The van der Waals surface area contributed by atoms with Crippen molar-refractivity contribution < 1.29 is 14.7 Å². The number of nitrogens with one attached hydrogen (secondary N) is 1. The summed E-state index contributed by atoms with van der Waals surface area (Å²) in [6.45, 7) is 7.73. The highest BCUT2D eigenvalue weighted by Crippen LogP contribution is 2.28. The highest BCUT2D eigenvalue weighted by molar-refractivity contribution is 7.11. The van der Waals surface area contributed by atoms with Gasteiger partial charge in [-0.25, -0.2) is 4.79 Å². The Morgan fingerprint density at radius 2 is 1.95 bits per heavy atom. The molecule has 2 rings (SSSR count). The van der Waals surface area contributed by atoms with Crippen molar-refractivity contribution >= 4 is 28.4 Å². The quantitative estimate of drug-likeness (QED) is 0.892. The summed E-state index contributed by atoms with van der Waals surface area (Å²) in [6, 6.07) is 0.437. The predicted molar refractivity (Wildman–Crippen MR) is 81.9 cm³/mol. The Bertz CT molecular complexity index is 548. The maximum absolute atomic E-state index is 12.4. The molecule has 0 radical (unpaired) electrons. The molecule has 1 amide bonds. The lowest BCUT2D eigenvalue weighted by Gasteiger charge is -2.31. The largest absolute Gasteiger partial charge is 0.478 e. The van der Waals surface area contributed by atoms with E-state index in [4.69, 9.17) is 0 Å². The zero-order valence-electron chi connectivity index (χ0n) is 12.7. The number of carbonyl (C=O) groups is 2. The van der Waals surface area contributed by atoms with Crippen LogP contribution in [0.3, 0.4) is 0 Å². The average Bonchev–Trinajstić information content (AvgIpc) is 2.92. The van der Waals surface area contributed by atoms with Crippen LogP contribution in [0.2, 0.25) is 0 Å². The van der Waals surface area contributed by atoms with E-state index in [0.717, 1.165) is 24.4 Å². The van der Waals surface area contributed by atoms with Crippen LogP contribution in [0.5, 0.6) is 0 Å². The number of anilines is 1. The van der Waals surface area contributed by atoms with Gasteiger partial charge < -0.3 is 10.4 Å². The molecule has 3 atom stereocenters. The Kier molecular flexibility index (Phi) is 4.63. The van der Waals surface area contributed by atoms with Crippen LogP contribution in [0.15, 0.2) is 0 Å². The minimum absolute atomic E-state index is 0.0862. The number of hydrogen-bond donors (Lipinski definition) is 2. The molecule has 1 aliphatic heterocycles. The highest BCUT2D eigenvalue weighted by atomic mass is 32.1. The van der Waals surface area contributed by atoms with Crippen molar-refractivity contribution in [3.63, 3.8) is 0 Å². The van der Waals surface area contributed by atoms with Crippen LogP contribution >= 0.6 is 11.5 Å². The second-order valence-corrected chi connectivity index (χ2v) is 6.44. The molecule has 7 heteroatoms. The summed E-state index contributed by atoms with van der Waals surface area (Å²) in [4.78, 5) is 25.8. The Hall–Kier alpha value is -1.47. The molecule has 6 nitrogen and oxygen atoms in total. The third-order valence-electron chi connectivity index (χ3n) is 4.16. The van der Waals surface area contributed by atoms with Gasteiger partial charge in [-0.1, -0.05) is 0 Å². The fourth-order valence-electron chi connectivity index (χ4n) is 3.04. The van der Waals surface area contributed by atoms with E-state index in [-0.39, 0.29) is 17.5 Å². The van der Waals surface area contributed by atoms with Crippen LogP contribution in [0, 0.1) is 6.92 Å². The van der Waals surface area contributed by atoms with Crippen LogP contribution in [0.25, 0.3) is 0 Å². The highest BCUT2D eigenvalue weighted by Gasteiger charge is 2.34. The SMILES string of the molecule is Cc1nsc(NC(=O)C(C)N2C(C)CCC2C)c1C(=O)O. The van der Waals surface area contributed by atoms with Gasteiger partial charge in [-0.2, -0.15) is 4.37 Å². The number of likely N-dealkylation sites (tertiary alicyclic amines) is 1. The second kappa shape index (κ2) is 6.11. The van der Waals surface area contributed by atoms with Gasteiger partial charge in [-0.05, 0) is 52.1 Å². The van der Waals surface area contributed by atoms with Crippen LogP contribution in [0.4, 0.5) is 5.00 Å². The molecule has 0 bridgehead atoms. The molecule has 1 aromatic rings. The van der Waals surface area contributed by atoms with Crippen molar-refractivity contribution in [2.45, 2.75) is 58.7 Å². The topological polar surface area (TPSA) is 82.5 Å². The number of carbonyl (C=O) groups excluding carboxylic acids is 1. The molecule has 1 fully saturated rings. The van der Waals surface area contributed by atoms with E-state index < -0.39 is 5.97 Å². The minimum Gasteiger partial charge on any atom is -0.478 e. The van der Waals surface area contributed by atoms with Crippen LogP contribution in [0.1, 0.15) is 49.7 Å². The molecule has 2 heterocycles. The monoisotopic (exact) mass is 311 g/mol. The summed E-state index contributed by atoms with van der Waals surface area (Å²) in [5, 5.41) is 12.2. The number of aromatic nitrogens is 1. The van der Waals surface area contributed by atoms with Gasteiger partial charge in [-0.15, -0.1) is 0 Å². The number of carboxylic acid groups (broad SMARTS) is 1. The first-order valence-corrected chi connectivity index (χ1v) is 7.88. The number of aryl methyl sites for hydroxylation is 1. The number of carboxylic acids is 1. The lowest BCUT2D eigenvalue weighted by atomic mass is 10.2. The molecule has 0 saturated carbocycles. The first kappa shape index (κ1) is 15.9. The summed E-state index contributed by atoms with van der Waals surface area (Å²) in [7, 11) is 0. The number of rotatable bonds is 4. The lowest BCUT2D eigenvalue weighted by Crippen LogP contribution is -2.46. The van der Waals surface area contributed by atoms with Gasteiger partial charge in [0.2, 0.25) is 5.91 Å². The minimum atomic E-state index is -1.06. The fourth-order valence-corrected chi connectivity index (χ4v) is 3.83. The van der Waals surface area contributed by atoms with E-state index in [2.05, 4.69) is 28.4 Å². The summed E-state index contributed by atoms with van der Waals surface area (Å²) >= 11 is 1.01. The molecule has 3 unspecified atom stereocenters. The van der Waals surface area contributed by atoms with E-state index in [1.54, 1.807) is 6.92 Å². The van der Waals surface area contributed by atoms with Crippen LogP contribution in [-0.2, 0) is 4.79 Å². The number of nitrogens with zero attached hydrogens (tertiary/aromatic N) is 2. The first-order chi connectivity index (χ1) is 9.82. The molecular formula is C14H21N3O3S. The van der Waals surface area contributed by atoms with Crippen molar-refractivity contribution in [2.75, 3.05) is 5.32 Å². The van der Waals surface area contributed by atoms with E-state index in [1.807, 2.05) is 6.92 Å². The second-order valence-electron chi connectivity index (χ2n) is 5.67. The third kappa shape index (κ3) is 3.08. The molecular weight excluding hydrogens is 290 g/mol. The van der Waals surface area contributed by atoms with Gasteiger partial charge in [0.25, 0.3) is 0 Å². The van der Waals surface area contributed by atoms with E-state index in [0.29, 0.717) is 22.8 Å². The molecule has 0 aromatic carbocycles. The molecule has 1 saturated heterocycles. The van der Waals surface area contributed by atoms with Crippen LogP contribution < -0.4 is 5.32 Å². The van der Waals surface area contributed by atoms with Gasteiger partial charge in [0.1, 0.15) is 10.6 Å². The van der Waals surface area contributed by atoms with Crippen LogP contribution in [-0.4, -0.2) is 44.4 Å². The van der Waals surface area contributed by atoms with Gasteiger partial charge in [0.15, 0.2) is 0 Å². The zero-order valence-corrected chi connectivity index (χ0v) is 13.5. The van der Waals surface area contributed by atoms with E-state index in [9.17, 15) is 14.7 Å². The molecule has 1 aliphatic rings. The number of aromatic carboxylic acids is 1. The summed E-state index contributed by atoms with van der Waals surface area (Å²) < 4.78 is 4.01. The average molecular weight is 311 g/mol. The molecule has 2 N–H and O–H groups in total. The van der Waals surface area contributed by atoms with E-state index in [1.165, 1.54) is 0 Å². The maximum atomic E-state index is 12.4. The van der Waals surface area contributed by atoms with Crippen molar-refractivity contribution in [1.82, 2.24) is 9.27 Å². The smallest absolute Gasteiger partial charge is 0.340 e. The first-order valence-electron chi connectivity index (χ1n) is 7.10. The van der Waals surface area contributed by atoms with Crippen molar-refractivity contribution in [3.05, 3.63) is 11.3 Å². The molecule has 21 heavy (non-hydrogen) atoms. The Morgan fingerprint density at radius 1 is 1.38 bits per heavy atom. The van der Waals surface area contributed by atoms with Gasteiger partial charge in [0.05, 0.1) is 11.7 Å². The molecule has 116 valence electrons. The zero-order chi connectivity index (χ0) is 15.7. The summed E-state index contributed by atoms with van der Waals surface area (Å²) in [5.74, 6) is -1.24. The molecule has 0 spiro atoms.